The molecule has 0 bridgehead atoms. The van der Waals surface area contributed by atoms with Gasteiger partial charge in [-0.25, -0.2) is 4.98 Å². The molecule has 3 heterocycles. The average Bonchev–Trinajstić information content (AvgIpc) is 3.18. The van der Waals surface area contributed by atoms with Gasteiger partial charge >= 0.3 is 0 Å². The molecule has 0 saturated heterocycles. The van der Waals surface area contributed by atoms with E-state index in [1.807, 2.05) is 72.5 Å². The van der Waals surface area contributed by atoms with Gasteiger partial charge < -0.3 is 9.32 Å². The molecule has 4 heteroatoms. The Morgan fingerprint density at radius 1 is 1.04 bits per heavy atom. The molecule has 0 radical (unpaired) electrons. The lowest BCUT2D eigenvalue weighted by atomic mass is 9.99. The molecule has 0 aliphatic carbocycles. The Morgan fingerprint density at radius 2 is 1.86 bits per heavy atom. The van der Waals surface area contributed by atoms with Crippen molar-refractivity contribution in [2.45, 2.75) is 19.8 Å². The highest BCUT2D eigenvalue weighted by molar-refractivity contribution is 6.14. The molecule has 0 atom stereocenters. The van der Waals surface area contributed by atoms with Crippen molar-refractivity contribution in [2.75, 3.05) is 11.4 Å². The molecule has 1 aliphatic heterocycles. The van der Waals surface area contributed by atoms with Crippen molar-refractivity contribution in [1.82, 2.24) is 4.98 Å². The fraction of sp³-hybridized carbons (Fsp3) is 0.167. The molecular weight excluding hydrogens is 348 g/mol. The van der Waals surface area contributed by atoms with Crippen LogP contribution in [0.2, 0.25) is 0 Å². The number of aryl methyl sites for hydroxylation is 2. The predicted molar refractivity (Wildman–Crippen MR) is 111 cm³/mol. The maximum atomic E-state index is 13.6. The Hall–Kier alpha value is -3.40. The monoisotopic (exact) mass is 368 g/mol. The third-order valence-corrected chi connectivity index (χ3v) is 5.29. The number of benzene rings is 2. The van der Waals surface area contributed by atoms with Gasteiger partial charge in [-0.3, -0.25) is 4.79 Å². The third-order valence-electron chi connectivity index (χ3n) is 5.29. The zero-order chi connectivity index (χ0) is 19.1. The van der Waals surface area contributed by atoms with Crippen molar-refractivity contribution in [3.8, 4) is 11.5 Å². The smallest absolute Gasteiger partial charge is 0.259 e. The van der Waals surface area contributed by atoms with Crippen LogP contribution < -0.4 is 4.90 Å². The topological polar surface area (TPSA) is 46.3 Å². The quantitative estimate of drug-likeness (QED) is 0.476. The molecule has 5 rings (SSSR count). The molecule has 4 nitrogen and oxygen atoms in total. The maximum absolute atomic E-state index is 13.6. The number of hydrogen-bond donors (Lipinski definition) is 0. The second-order valence-corrected chi connectivity index (χ2v) is 7.17. The number of nitrogens with zero attached hydrogens (tertiary/aromatic N) is 2. The highest BCUT2D eigenvalue weighted by Crippen LogP contribution is 2.31. The fourth-order valence-electron chi connectivity index (χ4n) is 3.94. The van der Waals surface area contributed by atoms with Crippen LogP contribution in [0.3, 0.4) is 0 Å². The van der Waals surface area contributed by atoms with E-state index in [9.17, 15) is 4.79 Å². The van der Waals surface area contributed by atoms with E-state index in [0.29, 0.717) is 17.0 Å². The van der Waals surface area contributed by atoms with Gasteiger partial charge in [0.25, 0.3) is 5.91 Å². The summed E-state index contributed by atoms with van der Waals surface area (Å²) in [5.74, 6) is 1.51. The summed E-state index contributed by atoms with van der Waals surface area (Å²) in [5, 5.41) is 0.864. The van der Waals surface area contributed by atoms with Crippen LogP contribution in [0.1, 0.15) is 28.1 Å². The van der Waals surface area contributed by atoms with E-state index in [1.165, 1.54) is 5.56 Å². The number of rotatable bonds is 2. The van der Waals surface area contributed by atoms with Crippen LogP contribution in [-0.4, -0.2) is 17.4 Å². The number of fused-ring (bicyclic) bond motifs is 2. The first-order valence-corrected chi connectivity index (χ1v) is 9.57. The second-order valence-electron chi connectivity index (χ2n) is 7.17. The molecule has 4 aromatic rings. The van der Waals surface area contributed by atoms with Crippen LogP contribution in [0.4, 0.5) is 5.69 Å². The van der Waals surface area contributed by atoms with E-state index in [2.05, 4.69) is 6.07 Å². The van der Waals surface area contributed by atoms with Crippen molar-refractivity contribution >= 4 is 22.5 Å². The molecule has 0 spiro atoms. The van der Waals surface area contributed by atoms with Gasteiger partial charge in [0.1, 0.15) is 11.5 Å². The van der Waals surface area contributed by atoms with Gasteiger partial charge in [0.15, 0.2) is 5.76 Å². The van der Waals surface area contributed by atoms with Crippen LogP contribution in [0.25, 0.3) is 22.4 Å². The number of furan rings is 1. The molecule has 0 saturated carbocycles. The zero-order valence-electron chi connectivity index (χ0n) is 15.7. The minimum Gasteiger partial charge on any atom is -0.460 e. The van der Waals surface area contributed by atoms with Gasteiger partial charge in [-0.2, -0.15) is 0 Å². The number of aromatic nitrogens is 1. The minimum absolute atomic E-state index is 0.00952. The minimum atomic E-state index is 0.00952. The summed E-state index contributed by atoms with van der Waals surface area (Å²) in [4.78, 5) is 20.3. The number of carbonyl (C=O) groups excluding carboxylic acids is 1. The average molecular weight is 368 g/mol. The Kier molecular flexibility index (Phi) is 3.97. The molecule has 2 aromatic carbocycles. The van der Waals surface area contributed by atoms with Crippen molar-refractivity contribution in [3.05, 3.63) is 83.6 Å². The number of hydrogen-bond acceptors (Lipinski definition) is 3. The molecule has 2 aromatic heterocycles. The summed E-state index contributed by atoms with van der Waals surface area (Å²) in [7, 11) is 0. The van der Waals surface area contributed by atoms with Gasteiger partial charge in [-0.1, -0.05) is 36.4 Å². The largest absolute Gasteiger partial charge is 0.460 e. The molecular formula is C24H20N2O2. The van der Waals surface area contributed by atoms with E-state index in [-0.39, 0.29) is 5.91 Å². The lowest BCUT2D eigenvalue weighted by Gasteiger charge is -2.30. The lowest BCUT2D eigenvalue weighted by molar-refractivity contribution is 0.0986. The van der Waals surface area contributed by atoms with Gasteiger partial charge in [0.2, 0.25) is 0 Å². The SMILES string of the molecule is Cc1ccc(-c2cc(C(=O)N3CCCc4ccccc43)c3ccccc3n2)o1. The van der Waals surface area contributed by atoms with E-state index in [1.54, 1.807) is 0 Å². The summed E-state index contributed by atoms with van der Waals surface area (Å²) in [6.07, 6.45) is 1.98. The first-order chi connectivity index (χ1) is 13.7. The van der Waals surface area contributed by atoms with Crippen molar-refractivity contribution < 1.29 is 9.21 Å². The number of pyridine rings is 1. The Bertz CT molecular complexity index is 1190. The van der Waals surface area contributed by atoms with E-state index < -0.39 is 0 Å². The van der Waals surface area contributed by atoms with Gasteiger partial charge in [0.05, 0.1) is 11.1 Å². The van der Waals surface area contributed by atoms with Crippen LogP contribution in [0.5, 0.6) is 0 Å². The maximum Gasteiger partial charge on any atom is 0.259 e. The van der Waals surface area contributed by atoms with Gasteiger partial charge in [0, 0.05) is 17.6 Å². The molecule has 1 amide bonds. The van der Waals surface area contributed by atoms with E-state index >= 15 is 0 Å². The van der Waals surface area contributed by atoms with E-state index in [0.717, 1.165) is 41.7 Å². The normalized spacial score (nSPS) is 13.5. The zero-order valence-corrected chi connectivity index (χ0v) is 15.7. The number of anilines is 1. The van der Waals surface area contributed by atoms with Crippen LogP contribution in [-0.2, 0) is 6.42 Å². The lowest BCUT2D eigenvalue weighted by Crippen LogP contribution is -2.35. The number of amides is 1. The second kappa shape index (κ2) is 6.64. The number of para-hydroxylation sites is 2. The molecule has 1 aliphatic rings. The van der Waals surface area contributed by atoms with Crippen LogP contribution >= 0.6 is 0 Å². The summed E-state index contributed by atoms with van der Waals surface area (Å²) in [5.41, 5.74) is 4.37. The Balaban J connectivity index is 1.67. The molecule has 0 N–H and O–H groups in total. The highest BCUT2D eigenvalue weighted by Gasteiger charge is 2.25. The first kappa shape index (κ1) is 16.8. The molecule has 0 unspecified atom stereocenters. The van der Waals surface area contributed by atoms with Gasteiger partial charge in [-0.15, -0.1) is 0 Å². The van der Waals surface area contributed by atoms with Crippen LogP contribution in [0.15, 0.2) is 71.1 Å². The van der Waals surface area contributed by atoms with Crippen molar-refractivity contribution in [3.63, 3.8) is 0 Å². The molecule has 0 fully saturated rings. The summed E-state index contributed by atoms with van der Waals surface area (Å²) in [6, 6.07) is 21.6. The molecule has 138 valence electrons. The molecule has 28 heavy (non-hydrogen) atoms. The summed E-state index contributed by atoms with van der Waals surface area (Å²) in [6.45, 7) is 2.63. The summed E-state index contributed by atoms with van der Waals surface area (Å²) >= 11 is 0. The number of carbonyl (C=O) groups is 1. The Labute approximate surface area is 163 Å². The van der Waals surface area contributed by atoms with E-state index in [4.69, 9.17) is 9.40 Å². The van der Waals surface area contributed by atoms with Crippen molar-refractivity contribution in [1.29, 1.82) is 0 Å². The fourth-order valence-corrected chi connectivity index (χ4v) is 3.94. The standard InChI is InChI=1S/C24H20N2O2/c1-16-12-13-23(28-16)21-15-19(18-9-3-4-10-20(18)25-21)24(27)26-14-6-8-17-7-2-5-11-22(17)26/h2-5,7,9-13,15H,6,8,14H2,1H3. The van der Waals surface area contributed by atoms with Crippen molar-refractivity contribution in [2.24, 2.45) is 0 Å². The third kappa shape index (κ3) is 2.78. The summed E-state index contributed by atoms with van der Waals surface area (Å²) < 4.78 is 5.77. The first-order valence-electron chi connectivity index (χ1n) is 9.57. The highest BCUT2D eigenvalue weighted by atomic mass is 16.3. The van der Waals surface area contributed by atoms with Gasteiger partial charge in [-0.05, 0) is 55.7 Å². The predicted octanol–water partition coefficient (Wildman–Crippen LogP) is 5.40. The van der Waals surface area contributed by atoms with Crippen LogP contribution in [0, 0.1) is 6.92 Å². The Morgan fingerprint density at radius 3 is 2.71 bits per heavy atom.